The second kappa shape index (κ2) is 6.97. The van der Waals surface area contributed by atoms with Crippen LogP contribution < -0.4 is 4.90 Å². The van der Waals surface area contributed by atoms with Crippen molar-refractivity contribution in [3.63, 3.8) is 0 Å². The number of carbonyl (C=O) groups is 1. The maximum absolute atomic E-state index is 12.8. The van der Waals surface area contributed by atoms with Crippen LogP contribution in [0.3, 0.4) is 0 Å². The smallest absolute Gasteiger partial charge is 0.259 e. The average Bonchev–Trinajstić information content (AvgIpc) is 3.31. The number of carbonyl (C=O) groups excluding carboxylic acids is 1. The monoisotopic (exact) mass is 340 g/mol. The third-order valence-electron chi connectivity index (χ3n) is 4.08. The normalized spacial score (nSPS) is 12.1. The molecule has 0 saturated carbocycles. The molecule has 2 aromatic heterocycles. The molecule has 5 nitrogen and oxygen atoms in total. The predicted octanol–water partition coefficient (Wildman–Crippen LogP) is 4.12. The zero-order valence-electron chi connectivity index (χ0n) is 14.0. The predicted molar refractivity (Wildman–Crippen MR) is 97.1 cm³/mol. The van der Waals surface area contributed by atoms with Crippen molar-refractivity contribution in [2.24, 2.45) is 0 Å². The number of anilines is 1. The molecule has 0 N–H and O–H groups in total. The van der Waals surface area contributed by atoms with Gasteiger partial charge in [0.25, 0.3) is 5.91 Å². The molecule has 2 heterocycles. The first-order valence-electron chi connectivity index (χ1n) is 7.93. The molecule has 0 bridgehead atoms. The summed E-state index contributed by atoms with van der Waals surface area (Å²) in [5, 5.41) is 6.96. The zero-order chi connectivity index (χ0) is 17.1. The van der Waals surface area contributed by atoms with Gasteiger partial charge in [-0.3, -0.25) is 9.69 Å². The number of nitrogens with zero attached hydrogens (tertiary/aromatic N) is 4. The lowest BCUT2D eigenvalue weighted by atomic mass is 10.1. The Bertz CT molecular complexity index is 825. The van der Waals surface area contributed by atoms with Gasteiger partial charge >= 0.3 is 0 Å². The third kappa shape index (κ3) is 3.23. The summed E-state index contributed by atoms with van der Waals surface area (Å²) in [5.41, 5.74) is 2.52. The molecule has 1 amide bonds. The molecule has 0 aliphatic rings. The molecule has 0 spiro atoms. The van der Waals surface area contributed by atoms with E-state index in [1.54, 1.807) is 22.8 Å². The first-order chi connectivity index (χ1) is 11.6. The molecule has 1 unspecified atom stereocenters. The van der Waals surface area contributed by atoms with Gasteiger partial charge in [-0.05, 0) is 36.6 Å². The van der Waals surface area contributed by atoms with Gasteiger partial charge in [-0.15, -0.1) is 11.3 Å². The first kappa shape index (κ1) is 16.4. The van der Waals surface area contributed by atoms with Gasteiger partial charge < -0.3 is 0 Å². The summed E-state index contributed by atoms with van der Waals surface area (Å²) in [6.45, 7) is 4.29. The lowest BCUT2D eigenvalue weighted by Crippen LogP contribution is -2.26. The Kier molecular flexibility index (Phi) is 4.76. The summed E-state index contributed by atoms with van der Waals surface area (Å²) in [5.74, 6) is 0.329. The molecule has 0 saturated heterocycles. The minimum absolute atomic E-state index is 0.0749. The lowest BCUT2D eigenvalue weighted by Gasteiger charge is -2.14. The van der Waals surface area contributed by atoms with E-state index < -0.39 is 0 Å². The van der Waals surface area contributed by atoms with Crippen molar-refractivity contribution in [3.05, 3.63) is 59.4 Å². The number of hydrogen-bond acceptors (Lipinski definition) is 4. The molecule has 0 aliphatic heterocycles. The van der Waals surface area contributed by atoms with E-state index in [-0.39, 0.29) is 5.91 Å². The zero-order valence-corrected chi connectivity index (χ0v) is 14.8. The molecule has 3 rings (SSSR count). The standard InChI is InChI=1S/C18H20N4OS/c1-4-13(2)16-12-24-18(20-16)21(3)17(23)14-7-5-8-15(11-14)22-10-6-9-19-22/h5-13H,4H2,1-3H3. The van der Waals surface area contributed by atoms with Gasteiger partial charge in [0.2, 0.25) is 0 Å². The van der Waals surface area contributed by atoms with Crippen molar-refractivity contribution in [1.82, 2.24) is 14.8 Å². The highest BCUT2D eigenvalue weighted by molar-refractivity contribution is 7.14. The fourth-order valence-electron chi connectivity index (χ4n) is 2.35. The molecule has 0 radical (unpaired) electrons. The number of aromatic nitrogens is 3. The minimum atomic E-state index is -0.0749. The SMILES string of the molecule is CCC(C)c1csc(N(C)C(=O)c2cccc(-n3cccn3)c2)n1. The quantitative estimate of drug-likeness (QED) is 0.702. The maximum atomic E-state index is 12.8. The van der Waals surface area contributed by atoms with Crippen LogP contribution >= 0.6 is 11.3 Å². The van der Waals surface area contributed by atoms with Gasteiger partial charge in [0, 0.05) is 30.4 Å². The van der Waals surface area contributed by atoms with Crippen LogP contribution in [-0.2, 0) is 0 Å². The van der Waals surface area contributed by atoms with Gasteiger partial charge in [-0.2, -0.15) is 5.10 Å². The van der Waals surface area contributed by atoms with Gasteiger partial charge in [0.1, 0.15) is 0 Å². The van der Waals surface area contributed by atoms with Crippen molar-refractivity contribution >= 4 is 22.4 Å². The molecule has 124 valence electrons. The fourth-order valence-corrected chi connectivity index (χ4v) is 3.26. The van der Waals surface area contributed by atoms with Crippen LogP contribution in [0, 0.1) is 0 Å². The fraction of sp³-hybridized carbons (Fsp3) is 0.278. The van der Waals surface area contributed by atoms with Gasteiger partial charge in [-0.1, -0.05) is 19.9 Å². The van der Waals surface area contributed by atoms with Crippen LogP contribution in [0.5, 0.6) is 0 Å². The summed E-state index contributed by atoms with van der Waals surface area (Å²) >= 11 is 1.50. The molecular formula is C18H20N4OS. The molecule has 1 aromatic carbocycles. The van der Waals surface area contributed by atoms with Crippen LogP contribution in [-0.4, -0.2) is 27.7 Å². The van der Waals surface area contributed by atoms with E-state index >= 15 is 0 Å². The first-order valence-corrected chi connectivity index (χ1v) is 8.81. The summed E-state index contributed by atoms with van der Waals surface area (Å²) in [6.07, 6.45) is 4.60. The van der Waals surface area contributed by atoms with Crippen LogP contribution in [0.1, 0.15) is 42.2 Å². The lowest BCUT2D eigenvalue weighted by molar-refractivity contribution is 0.0993. The number of benzene rings is 1. The summed E-state index contributed by atoms with van der Waals surface area (Å²) in [7, 11) is 1.77. The third-order valence-corrected chi connectivity index (χ3v) is 5.02. The van der Waals surface area contributed by atoms with Crippen molar-refractivity contribution in [3.8, 4) is 5.69 Å². The van der Waals surface area contributed by atoms with E-state index in [1.807, 2.05) is 41.9 Å². The van der Waals surface area contributed by atoms with Crippen LogP contribution in [0.25, 0.3) is 5.69 Å². The van der Waals surface area contributed by atoms with Crippen LogP contribution in [0.15, 0.2) is 48.1 Å². The summed E-state index contributed by atoms with van der Waals surface area (Å²) in [6, 6.07) is 9.30. The summed E-state index contributed by atoms with van der Waals surface area (Å²) < 4.78 is 1.74. The molecular weight excluding hydrogens is 320 g/mol. The van der Waals surface area contributed by atoms with E-state index in [0.717, 1.165) is 22.9 Å². The van der Waals surface area contributed by atoms with E-state index in [4.69, 9.17) is 0 Å². The average molecular weight is 340 g/mol. The van der Waals surface area contributed by atoms with Gasteiger partial charge in [0.05, 0.1) is 11.4 Å². The van der Waals surface area contributed by atoms with E-state index in [9.17, 15) is 4.79 Å². The van der Waals surface area contributed by atoms with E-state index in [2.05, 4.69) is 23.9 Å². The highest BCUT2D eigenvalue weighted by atomic mass is 32.1. The van der Waals surface area contributed by atoms with Crippen molar-refractivity contribution in [1.29, 1.82) is 0 Å². The number of rotatable bonds is 5. The second-order valence-corrected chi connectivity index (χ2v) is 6.57. The van der Waals surface area contributed by atoms with E-state index in [1.165, 1.54) is 11.3 Å². The Morgan fingerprint density at radius 1 is 1.38 bits per heavy atom. The molecule has 1 atom stereocenters. The number of amides is 1. The van der Waals surface area contributed by atoms with Crippen molar-refractivity contribution < 1.29 is 4.79 Å². The Morgan fingerprint density at radius 2 is 2.21 bits per heavy atom. The molecule has 6 heteroatoms. The van der Waals surface area contributed by atoms with Crippen molar-refractivity contribution in [2.45, 2.75) is 26.2 Å². The van der Waals surface area contributed by atoms with Crippen LogP contribution in [0.4, 0.5) is 5.13 Å². The minimum Gasteiger partial charge on any atom is -0.287 e. The second-order valence-electron chi connectivity index (χ2n) is 5.73. The Balaban J connectivity index is 1.83. The Hall–Kier alpha value is -2.47. The van der Waals surface area contributed by atoms with Crippen LogP contribution in [0.2, 0.25) is 0 Å². The van der Waals surface area contributed by atoms with Crippen molar-refractivity contribution in [2.75, 3.05) is 11.9 Å². The van der Waals surface area contributed by atoms with Gasteiger partial charge in [0.15, 0.2) is 5.13 Å². The Morgan fingerprint density at radius 3 is 2.92 bits per heavy atom. The Labute approximate surface area is 145 Å². The molecule has 3 aromatic rings. The van der Waals surface area contributed by atoms with Gasteiger partial charge in [-0.25, -0.2) is 9.67 Å². The highest BCUT2D eigenvalue weighted by Crippen LogP contribution is 2.27. The molecule has 0 fully saturated rings. The number of thiazole rings is 1. The largest absolute Gasteiger partial charge is 0.287 e. The molecule has 0 aliphatic carbocycles. The molecule has 24 heavy (non-hydrogen) atoms. The number of hydrogen-bond donors (Lipinski definition) is 0. The summed E-state index contributed by atoms with van der Waals surface area (Å²) in [4.78, 5) is 19.0. The highest BCUT2D eigenvalue weighted by Gasteiger charge is 2.18. The topological polar surface area (TPSA) is 51.0 Å². The van der Waals surface area contributed by atoms with E-state index in [0.29, 0.717) is 11.5 Å². The maximum Gasteiger partial charge on any atom is 0.259 e.